The number of esters is 4. The molecule has 0 amide bonds. The molecule has 0 heterocycles. The molecule has 0 saturated carbocycles. The largest absolute Gasteiger partial charge is 0.472 e. The molecule has 0 aromatic rings. The van der Waals surface area contributed by atoms with E-state index in [-0.39, 0.29) is 25.7 Å². The number of hydrogen-bond donors (Lipinski definition) is 3. The average molecular weight is 1440 g/mol. The van der Waals surface area contributed by atoms with Crippen LogP contribution in [0.1, 0.15) is 420 Å². The van der Waals surface area contributed by atoms with Gasteiger partial charge in [-0.1, -0.05) is 369 Å². The molecule has 98 heavy (non-hydrogen) atoms. The summed E-state index contributed by atoms with van der Waals surface area (Å²) in [6.07, 6.45) is 63.3. The molecule has 0 aliphatic carbocycles. The summed E-state index contributed by atoms with van der Waals surface area (Å²) in [5, 5.41) is 10.6. The van der Waals surface area contributed by atoms with Gasteiger partial charge in [0.15, 0.2) is 12.2 Å². The Kier molecular flexibility index (Phi) is 70.6. The zero-order chi connectivity index (χ0) is 71.9. The summed E-state index contributed by atoms with van der Waals surface area (Å²) >= 11 is 0. The van der Waals surface area contributed by atoms with Crippen molar-refractivity contribution in [3.63, 3.8) is 0 Å². The highest BCUT2D eigenvalue weighted by Crippen LogP contribution is 2.45. The van der Waals surface area contributed by atoms with E-state index >= 15 is 0 Å². The number of ether oxygens (including phenoxy) is 4. The first kappa shape index (κ1) is 96.1. The topological polar surface area (TPSA) is 237 Å². The minimum absolute atomic E-state index is 0.103. The molecule has 582 valence electrons. The van der Waals surface area contributed by atoms with Crippen molar-refractivity contribution in [3.8, 4) is 0 Å². The molecule has 0 aliphatic rings. The average Bonchev–Trinajstić information content (AvgIpc) is 1.27. The Hall–Kier alpha value is -1.94. The van der Waals surface area contributed by atoms with Gasteiger partial charge in [0.25, 0.3) is 0 Å². The van der Waals surface area contributed by atoms with Crippen LogP contribution in [-0.2, 0) is 65.4 Å². The summed E-state index contributed by atoms with van der Waals surface area (Å²) in [6, 6.07) is 0. The van der Waals surface area contributed by atoms with Gasteiger partial charge in [-0.25, -0.2) is 9.13 Å². The third-order valence-corrected chi connectivity index (χ3v) is 20.8. The van der Waals surface area contributed by atoms with Gasteiger partial charge < -0.3 is 33.8 Å². The van der Waals surface area contributed by atoms with Crippen molar-refractivity contribution >= 4 is 39.5 Å². The molecule has 0 aromatic heterocycles. The first-order chi connectivity index (χ1) is 47.6. The highest BCUT2D eigenvalue weighted by molar-refractivity contribution is 7.47. The number of unbranched alkanes of at least 4 members (excludes halogenated alkanes) is 50. The molecule has 0 rings (SSSR count). The maximum absolute atomic E-state index is 13.1. The van der Waals surface area contributed by atoms with E-state index in [9.17, 15) is 43.2 Å². The van der Waals surface area contributed by atoms with Crippen LogP contribution in [0.2, 0.25) is 0 Å². The second-order valence-electron chi connectivity index (χ2n) is 28.7. The minimum atomic E-state index is -4.96. The van der Waals surface area contributed by atoms with E-state index in [1.54, 1.807) is 0 Å². The van der Waals surface area contributed by atoms with E-state index in [0.29, 0.717) is 25.7 Å². The fourth-order valence-corrected chi connectivity index (χ4v) is 13.8. The second kappa shape index (κ2) is 72.0. The zero-order valence-electron chi connectivity index (χ0n) is 63.9. The Morgan fingerprint density at radius 1 is 0.286 bits per heavy atom. The van der Waals surface area contributed by atoms with E-state index in [2.05, 4.69) is 34.6 Å². The number of phosphoric ester groups is 2. The summed E-state index contributed by atoms with van der Waals surface area (Å²) in [7, 11) is -9.90. The van der Waals surface area contributed by atoms with Gasteiger partial charge in [0.1, 0.15) is 19.3 Å². The molecule has 6 atom stereocenters. The van der Waals surface area contributed by atoms with E-state index in [1.807, 2.05) is 0 Å². The molecule has 0 aliphatic heterocycles. The van der Waals surface area contributed by atoms with Gasteiger partial charge in [0.2, 0.25) is 0 Å². The molecule has 0 saturated heterocycles. The number of carbonyl (C=O) groups excluding carboxylic acids is 4. The third-order valence-electron chi connectivity index (χ3n) is 18.9. The molecule has 0 fully saturated rings. The Bertz CT molecular complexity index is 1880. The van der Waals surface area contributed by atoms with Crippen molar-refractivity contribution in [2.75, 3.05) is 39.6 Å². The smallest absolute Gasteiger partial charge is 0.462 e. The lowest BCUT2D eigenvalue weighted by atomic mass is 10.00. The van der Waals surface area contributed by atoms with Gasteiger partial charge in [-0.2, -0.15) is 0 Å². The van der Waals surface area contributed by atoms with Crippen molar-refractivity contribution in [2.45, 2.75) is 438 Å². The zero-order valence-corrected chi connectivity index (χ0v) is 65.7. The first-order valence-corrected chi connectivity index (χ1v) is 44.2. The predicted molar refractivity (Wildman–Crippen MR) is 400 cm³/mol. The minimum Gasteiger partial charge on any atom is -0.462 e. The van der Waals surface area contributed by atoms with Crippen LogP contribution in [0.4, 0.5) is 0 Å². The summed E-state index contributed by atoms with van der Waals surface area (Å²) in [4.78, 5) is 72.5. The molecule has 19 heteroatoms. The third kappa shape index (κ3) is 71.1. The van der Waals surface area contributed by atoms with Crippen molar-refractivity contribution in [1.82, 2.24) is 0 Å². The van der Waals surface area contributed by atoms with Gasteiger partial charge in [-0.05, 0) is 31.6 Å². The molecule has 3 N–H and O–H groups in total. The maximum atomic E-state index is 13.1. The van der Waals surface area contributed by atoms with Crippen LogP contribution in [0.3, 0.4) is 0 Å². The lowest BCUT2D eigenvalue weighted by Crippen LogP contribution is -2.30. The van der Waals surface area contributed by atoms with E-state index in [4.69, 9.17) is 37.0 Å². The molecular formula is C79H154O17P2. The van der Waals surface area contributed by atoms with Crippen LogP contribution in [0.25, 0.3) is 0 Å². The quantitative estimate of drug-likeness (QED) is 0.0222. The fourth-order valence-electron chi connectivity index (χ4n) is 12.2. The standard InChI is InChI=1S/C79H154O17P2/c1-6-10-13-16-18-20-22-24-26-28-30-32-34-36-38-40-42-44-46-48-54-59-64-78(83)95-75(69-90-77(82)63-58-53-47-45-43-41-39-37-35-33-31-29-27-25-23-21-19-17-14-11-7-2)71-94-98(87,88)92-67-73(80)66-91-97(85,86)93-70-74(68-89-76(81)62-57-51-15-12-8-3)96-79(84)65-60-55-50-49-52-56-61-72(5)9-4/h72-75,80H,6-71H2,1-5H3,(H,85,86)(H,87,88)/t72?,73-,74+,75+/m0/s1. The van der Waals surface area contributed by atoms with Gasteiger partial charge in [0.05, 0.1) is 26.4 Å². The Labute approximate surface area is 600 Å². The van der Waals surface area contributed by atoms with E-state index in [1.165, 1.54) is 238 Å². The molecule has 0 radical (unpaired) electrons. The number of rotatable bonds is 79. The lowest BCUT2D eigenvalue weighted by molar-refractivity contribution is -0.161. The summed E-state index contributed by atoms with van der Waals surface area (Å²) in [5.41, 5.74) is 0. The molecule has 0 bridgehead atoms. The number of aliphatic hydroxyl groups is 1. The predicted octanol–water partition coefficient (Wildman–Crippen LogP) is 23.6. The van der Waals surface area contributed by atoms with Crippen LogP contribution in [-0.4, -0.2) is 96.7 Å². The number of hydrogen-bond acceptors (Lipinski definition) is 15. The highest BCUT2D eigenvalue weighted by Gasteiger charge is 2.30. The van der Waals surface area contributed by atoms with Crippen LogP contribution in [0, 0.1) is 5.92 Å². The number of phosphoric acid groups is 2. The van der Waals surface area contributed by atoms with Crippen molar-refractivity contribution in [3.05, 3.63) is 0 Å². The van der Waals surface area contributed by atoms with E-state index < -0.39 is 97.5 Å². The van der Waals surface area contributed by atoms with Crippen molar-refractivity contribution < 1.29 is 80.2 Å². The van der Waals surface area contributed by atoms with Crippen LogP contribution >= 0.6 is 15.6 Å². The normalized spacial score (nSPS) is 14.2. The van der Waals surface area contributed by atoms with E-state index in [0.717, 1.165) is 102 Å². The van der Waals surface area contributed by atoms with Crippen LogP contribution in [0.5, 0.6) is 0 Å². The summed E-state index contributed by atoms with van der Waals surface area (Å²) < 4.78 is 68.3. The van der Waals surface area contributed by atoms with Crippen molar-refractivity contribution in [2.24, 2.45) is 5.92 Å². The van der Waals surface area contributed by atoms with Crippen LogP contribution < -0.4 is 0 Å². The number of carbonyl (C=O) groups is 4. The molecule has 0 spiro atoms. The molecular weight excluding hydrogens is 1280 g/mol. The monoisotopic (exact) mass is 1440 g/mol. The summed E-state index contributed by atoms with van der Waals surface area (Å²) in [5.74, 6) is -1.41. The van der Waals surface area contributed by atoms with Gasteiger partial charge in [-0.15, -0.1) is 0 Å². The molecule has 0 aromatic carbocycles. The number of aliphatic hydroxyl groups excluding tert-OH is 1. The first-order valence-electron chi connectivity index (χ1n) is 41.2. The van der Waals surface area contributed by atoms with Crippen molar-refractivity contribution in [1.29, 1.82) is 0 Å². The Balaban J connectivity index is 5.08. The Morgan fingerprint density at radius 2 is 0.490 bits per heavy atom. The van der Waals surface area contributed by atoms with Crippen LogP contribution in [0.15, 0.2) is 0 Å². The van der Waals surface area contributed by atoms with Gasteiger partial charge in [0, 0.05) is 25.7 Å². The summed E-state index contributed by atoms with van der Waals surface area (Å²) in [6.45, 7) is 7.15. The SMILES string of the molecule is CCCCCCCCCCCCCCCCCCCCCCCCC(=O)O[C@H](COC(=O)CCCCCCCCCCCCCCCCCCCCCCC)COP(=O)(O)OC[C@@H](O)COP(=O)(O)OC[C@@H](COC(=O)CCCCCCC)OC(=O)CCCCCCCCC(C)CC. The fraction of sp³-hybridized carbons (Fsp3) is 0.949. The maximum Gasteiger partial charge on any atom is 0.472 e. The highest BCUT2D eigenvalue weighted by atomic mass is 31.2. The molecule has 3 unspecified atom stereocenters. The Morgan fingerprint density at radius 3 is 0.724 bits per heavy atom. The lowest BCUT2D eigenvalue weighted by Gasteiger charge is -2.21. The van der Waals surface area contributed by atoms with Gasteiger partial charge >= 0.3 is 39.5 Å². The molecule has 17 nitrogen and oxygen atoms in total. The van der Waals surface area contributed by atoms with Gasteiger partial charge in [-0.3, -0.25) is 37.3 Å². The second-order valence-corrected chi connectivity index (χ2v) is 31.6.